The Balaban J connectivity index is 2.63. The first-order valence-corrected chi connectivity index (χ1v) is 7.06. The molecule has 110 valence electrons. The second kappa shape index (κ2) is 6.37. The average Bonchev–Trinajstić information content (AvgIpc) is 2.37. The van der Waals surface area contributed by atoms with Gasteiger partial charge in [0.05, 0.1) is 5.41 Å². The van der Waals surface area contributed by atoms with Gasteiger partial charge in [0, 0.05) is 18.5 Å². The summed E-state index contributed by atoms with van der Waals surface area (Å²) in [4.78, 5) is 23.1. The van der Waals surface area contributed by atoms with Gasteiger partial charge in [-0.2, -0.15) is 0 Å². The maximum atomic E-state index is 12.5. The standard InChI is InChI=1S/C14H26N2O3/c1-4-14(7-5-9-15-10-14)12(19)16-13(2,3)8-6-11(17)18/h15H,4-10H2,1-3H3,(H,16,19)(H,17,18). The Kier molecular flexibility index (Phi) is 5.35. The smallest absolute Gasteiger partial charge is 0.303 e. The fourth-order valence-corrected chi connectivity index (χ4v) is 2.55. The van der Waals surface area contributed by atoms with Crippen molar-refractivity contribution in [2.75, 3.05) is 13.1 Å². The van der Waals surface area contributed by atoms with Gasteiger partial charge in [0.25, 0.3) is 0 Å². The summed E-state index contributed by atoms with van der Waals surface area (Å²) >= 11 is 0. The SMILES string of the molecule is CCC1(C(=O)NC(C)(C)CCC(=O)O)CCCNC1. The van der Waals surface area contributed by atoms with Crippen LogP contribution in [0.25, 0.3) is 0 Å². The van der Waals surface area contributed by atoms with Crippen LogP contribution < -0.4 is 10.6 Å². The molecule has 1 heterocycles. The molecule has 19 heavy (non-hydrogen) atoms. The summed E-state index contributed by atoms with van der Waals surface area (Å²) in [5.41, 5.74) is -0.812. The van der Waals surface area contributed by atoms with E-state index in [0.29, 0.717) is 13.0 Å². The minimum Gasteiger partial charge on any atom is -0.481 e. The number of carboxylic acids is 1. The molecular formula is C14H26N2O3. The van der Waals surface area contributed by atoms with Crippen molar-refractivity contribution in [3.05, 3.63) is 0 Å². The van der Waals surface area contributed by atoms with Crippen molar-refractivity contribution >= 4 is 11.9 Å². The number of piperidine rings is 1. The van der Waals surface area contributed by atoms with E-state index in [1.54, 1.807) is 0 Å². The zero-order valence-corrected chi connectivity index (χ0v) is 12.2. The van der Waals surface area contributed by atoms with Crippen LogP contribution in [0.15, 0.2) is 0 Å². The highest BCUT2D eigenvalue weighted by Crippen LogP contribution is 2.31. The fourth-order valence-electron chi connectivity index (χ4n) is 2.55. The maximum Gasteiger partial charge on any atom is 0.303 e. The van der Waals surface area contributed by atoms with E-state index in [2.05, 4.69) is 10.6 Å². The van der Waals surface area contributed by atoms with Crippen molar-refractivity contribution in [1.29, 1.82) is 0 Å². The maximum absolute atomic E-state index is 12.5. The second-order valence-corrected chi connectivity index (χ2v) is 6.15. The molecule has 0 bridgehead atoms. The average molecular weight is 270 g/mol. The Morgan fingerprint density at radius 3 is 2.58 bits per heavy atom. The minimum absolute atomic E-state index is 0.0533. The number of carbonyl (C=O) groups is 2. The third-order valence-corrected chi connectivity index (χ3v) is 4.05. The van der Waals surface area contributed by atoms with Crippen molar-refractivity contribution in [3.8, 4) is 0 Å². The van der Waals surface area contributed by atoms with E-state index in [1.165, 1.54) is 0 Å². The van der Waals surface area contributed by atoms with Crippen molar-refractivity contribution in [3.63, 3.8) is 0 Å². The number of rotatable bonds is 6. The number of aliphatic carboxylic acids is 1. The summed E-state index contributed by atoms with van der Waals surface area (Å²) in [6, 6.07) is 0. The van der Waals surface area contributed by atoms with Crippen molar-refractivity contribution in [2.45, 2.75) is 58.4 Å². The van der Waals surface area contributed by atoms with Gasteiger partial charge in [-0.25, -0.2) is 0 Å². The Bertz CT molecular complexity index is 334. The molecule has 5 nitrogen and oxygen atoms in total. The van der Waals surface area contributed by atoms with Gasteiger partial charge in [-0.15, -0.1) is 0 Å². The molecule has 1 aliphatic heterocycles. The van der Waals surface area contributed by atoms with E-state index in [-0.39, 0.29) is 17.7 Å². The molecule has 1 unspecified atom stereocenters. The van der Waals surface area contributed by atoms with Crippen LogP contribution in [-0.4, -0.2) is 35.6 Å². The van der Waals surface area contributed by atoms with E-state index < -0.39 is 11.5 Å². The van der Waals surface area contributed by atoms with Crippen LogP contribution in [0.4, 0.5) is 0 Å². The molecule has 3 N–H and O–H groups in total. The first-order valence-electron chi connectivity index (χ1n) is 7.06. The summed E-state index contributed by atoms with van der Waals surface area (Å²) < 4.78 is 0. The van der Waals surface area contributed by atoms with Crippen molar-refractivity contribution in [2.24, 2.45) is 5.41 Å². The minimum atomic E-state index is -0.827. The molecule has 0 aromatic carbocycles. The predicted octanol–water partition coefficient (Wildman–Crippen LogP) is 1.53. The van der Waals surface area contributed by atoms with E-state index in [0.717, 1.165) is 25.8 Å². The lowest BCUT2D eigenvalue weighted by Crippen LogP contribution is -2.55. The largest absolute Gasteiger partial charge is 0.481 e. The van der Waals surface area contributed by atoms with E-state index >= 15 is 0 Å². The third kappa shape index (κ3) is 4.49. The summed E-state index contributed by atoms with van der Waals surface area (Å²) in [6.07, 6.45) is 3.24. The van der Waals surface area contributed by atoms with Crippen molar-refractivity contribution < 1.29 is 14.7 Å². The number of hydrogen-bond donors (Lipinski definition) is 3. The molecule has 0 aromatic heterocycles. The predicted molar refractivity (Wildman–Crippen MR) is 73.9 cm³/mol. The van der Waals surface area contributed by atoms with Crippen molar-refractivity contribution in [1.82, 2.24) is 10.6 Å². The molecule has 1 aliphatic rings. The molecule has 1 fully saturated rings. The van der Waals surface area contributed by atoms with Crippen LogP contribution in [0.3, 0.4) is 0 Å². The van der Waals surface area contributed by atoms with Gasteiger partial charge >= 0.3 is 5.97 Å². The highest BCUT2D eigenvalue weighted by molar-refractivity contribution is 5.83. The third-order valence-electron chi connectivity index (χ3n) is 4.05. The molecular weight excluding hydrogens is 244 g/mol. The molecule has 1 rings (SSSR count). The van der Waals surface area contributed by atoms with Gasteiger partial charge in [-0.05, 0) is 46.1 Å². The molecule has 0 radical (unpaired) electrons. The Morgan fingerprint density at radius 1 is 1.42 bits per heavy atom. The molecule has 0 saturated carbocycles. The zero-order valence-electron chi connectivity index (χ0n) is 12.2. The van der Waals surface area contributed by atoms with Crippen LogP contribution >= 0.6 is 0 Å². The summed E-state index contributed by atoms with van der Waals surface area (Å²) in [5.74, 6) is -0.774. The second-order valence-electron chi connectivity index (χ2n) is 6.15. The van der Waals surface area contributed by atoms with Crippen LogP contribution in [0.5, 0.6) is 0 Å². The normalized spacial score (nSPS) is 23.9. The number of hydrogen-bond acceptors (Lipinski definition) is 3. The highest BCUT2D eigenvalue weighted by Gasteiger charge is 2.39. The molecule has 5 heteroatoms. The Labute approximate surface area is 115 Å². The molecule has 0 aliphatic carbocycles. The molecule has 0 spiro atoms. The Hall–Kier alpha value is -1.10. The zero-order chi connectivity index (χ0) is 14.5. The molecule has 1 saturated heterocycles. The van der Waals surface area contributed by atoms with E-state index in [4.69, 9.17) is 5.11 Å². The lowest BCUT2D eigenvalue weighted by Gasteiger charge is -2.38. The molecule has 0 aromatic rings. The summed E-state index contributed by atoms with van der Waals surface area (Å²) in [7, 11) is 0. The summed E-state index contributed by atoms with van der Waals surface area (Å²) in [5, 5.41) is 15.1. The highest BCUT2D eigenvalue weighted by atomic mass is 16.4. The number of carbonyl (C=O) groups excluding carboxylic acids is 1. The number of amides is 1. The monoisotopic (exact) mass is 270 g/mol. The van der Waals surface area contributed by atoms with Crippen LogP contribution in [0, 0.1) is 5.41 Å². The van der Waals surface area contributed by atoms with Gasteiger partial charge in [-0.3, -0.25) is 9.59 Å². The summed E-state index contributed by atoms with van der Waals surface area (Å²) in [6.45, 7) is 7.49. The van der Waals surface area contributed by atoms with E-state index in [1.807, 2.05) is 20.8 Å². The van der Waals surface area contributed by atoms with E-state index in [9.17, 15) is 9.59 Å². The number of nitrogens with one attached hydrogen (secondary N) is 2. The van der Waals surface area contributed by atoms with Crippen LogP contribution in [0.1, 0.15) is 52.9 Å². The van der Waals surface area contributed by atoms with Crippen LogP contribution in [0.2, 0.25) is 0 Å². The first-order chi connectivity index (χ1) is 8.81. The fraction of sp³-hybridized carbons (Fsp3) is 0.857. The quantitative estimate of drug-likeness (QED) is 0.684. The van der Waals surface area contributed by atoms with Gasteiger partial charge in [0.15, 0.2) is 0 Å². The molecule has 1 amide bonds. The topological polar surface area (TPSA) is 78.4 Å². The van der Waals surface area contributed by atoms with Gasteiger partial charge < -0.3 is 15.7 Å². The lowest BCUT2D eigenvalue weighted by atomic mass is 9.77. The first kappa shape index (κ1) is 16.0. The molecule has 1 atom stereocenters. The number of carboxylic acid groups (broad SMARTS) is 1. The van der Waals surface area contributed by atoms with Gasteiger partial charge in [0.2, 0.25) is 5.91 Å². The van der Waals surface area contributed by atoms with Gasteiger partial charge in [0.1, 0.15) is 0 Å². The Morgan fingerprint density at radius 2 is 2.11 bits per heavy atom. The lowest BCUT2D eigenvalue weighted by molar-refractivity contribution is -0.139. The van der Waals surface area contributed by atoms with Gasteiger partial charge in [-0.1, -0.05) is 6.92 Å². The van der Waals surface area contributed by atoms with Crippen LogP contribution in [-0.2, 0) is 9.59 Å².